The Kier molecular flexibility index (Phi) is 8.01. The molecule has 5 N–H and O–H groups in total. The van der Waals surface area contributed by atoms with E-state index in [0.717, 1.165) is 25.7 Å². The lowest BCUT2D eigenvalue weighted by Crippen LogP contribution is -2.61. The third-order valence-corrected chi connectivity index (χ3v) is 8.60. The van der Waals surface area contributed by atoms with E-state index in [1.807, 2.05) is 6.92 Å². The number of halogens is 4. The minimum atomic E-state index is -4.60. The zero-order chi connectivity index (χ0) is 32.1. The summed E-state index contributed by atoms with van der Waals surface area (Å²) in [6.45, 7) is 3.39. The van der Waals surface area contributed by atoms with Crippen molar-refractivity contribution >= 4 is 35.1 Å². The smallest absolute Gasteiger partial charge is 0.337 e. The van der Waals surface area contributed by atoms with Crippen LogP contribution in [0.2, 0.25) is 5.02 Å². The third-order valence-electron chi connectivity index (χ3n) is 8.29. The van der Waals surface area contributed by atoms with E-state index in [-0.39, 0.29) is 58.0 Å². The van der Waals surface area contributed by atoms with Crippen LogP contribution in [0, 0.1) is 0 Å². The first-order chi connectivity index (χ1) is 21.3. The second kappa shape index (κ2) is 11.7. The van der Waals surface area contributed by atoms with Crippen LogP contribution in [0.15, 0.2) is 30.6 Å². The maximum atomic E-state index is 13.5. The van der Waals surface area contributed by atoms with Gasteiger partial charge in [0.05, 0.1) is 16.6 Å². The monoisotopic (exact) mass is 647 g/mol. The minimum absolute atomic E-state index is 0.00458. The Labute approximate surface area is 261 Å². The molecule has 0 atom stereocenters. The van der Waals surface area contributed by atoms with Gasteiger partial charge in [0.2, 0.25) is 0 Å². The lowest BCUT2D eigenvalue weighted by atomic mass is 9.75. The number of hydrogen-bond acceptors (Lipinski definition) is 6. The van der Waals surface area contributed by atoms with Gasteiger partial charge in [-0.25, -0.2) is 9.78 Å². The molecule has 0 unspecified atom stereocenters. The van der Waals surface area contributed by atoms with Gasteiger partial charge >= 0.3 is 12.2 Å². The summed E-state index contributed by atoms with van der Waals surface area (Å²) in [7, 11) is 0. The molecule has 1 aliphatic heterocycles. The topological polar surface area (TPSA) is 154 Å². The van der Waals surface area contributed by atoms with Gasteiger partial charge in [0.15, 0.2) is 11.5 Å². The van der Waals surface area contributed by atoms with Gasteiger partial charge in [-0.3, -0.25) is 14.3 Å². The molecule has 1 aromatic carbocycles. The molecule has 3 fully saturated rings. The summed E-state index contributed by atoms with van der Waals surface area (Å²) in [4.78, 5) is 48.6. The number of nitrogens with zero attached hydrogens (tertiary/aromatic N) is 5. The number of H-pyrrole nitrogens is 1. The summed E-state index contributed by atoms with van der Waals surface area (Å²) in [6, 6.07) is 4.35. The molecule has 240 valence electrons. The van der Waals surface area contributed by atoms with Crippen LogP contribution in [0.25, 0.3) is 0 Å². The van der Waals surface area contributed by atoms with E-state index < -0.39 is 17.8 Å². The number of amides is 4. The first-order valence-electron chi connectivity index (χ1n) is 14.7. The van der Waals surface area contributed by atoms with E-state index in [0.29, 0.717) is 37.6 Å². The molecular formula is C29H33ClF3N9O3. The van der Waals surface area contributed by atoms with Crippen molar-refractivity contribution in [3.63, 3.8) is 0 Å². The molecule has 0 bridgehead atoms. The Bertz CT molecular complexity index is 1620. The molecule has 0 spiro atoms. The van der Waals surface area contributed by atoms with E-state index in [2.05, 4.69) is 25.7 Å². The van der Waals surface area contributed by atoms with Gasteiger partial charge in [0.25, 0.3) is 11.8 Å². The average Bonchev–Trinajstić information content (AvgIpc) is 3.55. The summed E-state index contributed by atoms with van der Waals surface area (Å²) in [5.74, 6) is -1.02. The molecule has 1 saturated heterocycles. The number of piperazine rings is 1. The summed E-state index contributed by atoms with van der Waals surface area (Å²) >= 11 is 6.42. The number of carbonyl (C=O) groups is 3. The summed E-state index contributed by atoms with van der Waals surface area (Å²) < 4.78 is 42.0. The number of benzene rings is 1. The van der Waals surface area contributed by atoms with Gasteiger partial charge in [0, 0.05) is 73.5 Å². The van der Waals surface area contributed by atoms with Crippen molar-refractivity contribution in [3.05, 3.63) is 64.0 Å². The van der Waals surface area contributed by atoms with E-state index in [9.17, 15) is 27.6 Å². The minimum Gasteiger partial charge on any atom is -0.337 e. The number of aromatic nitrogens is 4. The second-order valence-corrected chi connectivity index (χ2v) is 12.7. The number of nitrogens with one attached hydrogen (secondary N) is 3. The van der Waals surface area contributed by atoms with Crippen molar-refractivity contribution in [1.82, 2.24) is 34.9 Å². The Balaban J connectivity index is 1.03. The number of hydrogen-bond donors (Lipinski definition) is 4. The fraction of sp³-hybridized carbons (Fsp3) is 0.483. The molecule has 0 radical (unpaired) electrons. The number of anilines is 1. The lowest BCUT2D eigenvalue weighted by molar-refractivity contribution is -0.142. The van der Waals surface area contributed by atoms with Crippen LogP contribution in [0.3, 0.4) is 0 Å². The Morgan fingerprint density at radius 1 is 1.13 bits per heavy atom. The number of urea groups is 1. The normalized spacial score (nSPS) is 21.8. The highest BCUT2D eigenvalue weighted by Crippen LogP contribution is 2.38. The predicted octanol–water partition coefficient (Wildman–Crippen LogP) is 3.80. The number of nitrogens with two attached hydrogens (primary N) is 1. The van der Waals surface area contributed by atoms with Gasteiger partial charge < -0.3 is 31.2 Å². The van der Waals surface area contributed by atoms with E-state index in [1.54, 1.807) is 9.80 Å². The van der Waals surface area contributed by atoms with Crippen molar-refractivity contribution in [2.24, 2.45) is 5.73 Å². The van der Waals surface area contributed by atoms with Crippen LogP contribution in [-0.2, 0) is 12.6 Å². The largest absolute Gasteiger partial charge is 0.435 e. The highest BCUT2D eigenvalue weighted by atomic mass is 35.5. The first kappa shape index (κ1) is 30.9. The highest BCUT2D eigenvalue weighted by Gasteiger charge is 2.40. The van der Waals surface area contributed by atoms with Crippen molar-refractivity contribution in [2.45, 2.75) is 62.8 Å². The summed E-state index contributed by atoms with van der Waals surface area (Å²) in [6.07, 6.45) is 1.02. The molecule has 4 amide bonds. The van der Waals surface area contributed by atoms with Crippen LogP contribution in [-0.4, -0.2) is 85.2 Å². The van der Waals surface area contributed by atoms with Gasteiger partial charge in [-0.15, -0.1) is 0 Å². The van der Waals surface area contributed by atoms with Gasteiger partial charge in [-0.1, -0.05) is 11.6 Å². The molecule has 12 nitrogen and oxygen atoms in total. The number of rotatable bonds is 7. The fourth-order valence-corrected chi connectivity index (χ4v) is 6.03. The van der Waals surface area contributed by atoms with Gasteiger partial charge in [-0.05, 0) is 50.8 Å². The molecule has 45 heavy (non-hydrogen) atoms. The predicted molar refractivity (Wildman–Crippen MR) is 158 cm³/mol. The summed E-state index contributed by atoms with van der Waals surface area (Å²) in [5.41, 5.74) is 5.69. The van der Waals surface area contributed by atoms with Gasteiger partial charge in [-0.2, -0.15) is 18.3 Å². The van der Waals surface area contributed by atoms with Gasteiger partial charge in [0.1, 0.15) is 0 Å². The Morgan fingerprint density at radius 3 is 2.44 bits per heavy atom. The maximum Gasteiger partial charge on any atom is 0.435 e. The number of carbonyl (C=O) groups excluding carboxylic acids is 3. The molecule has 2 aliphatic carbocycles. The Morgan fingerprint density at radius 2 is 1.82 bits per heavy atom. The maximum absolute atomic E-state index is 13.5. The van der Waals surface area contributed by atoms with Crippen molar-refractivity contribution in [1.29, 1.82) is 0 Å². The summed E-state index contributed by atoms with van der Waals surface area (Å²) in [5, 5.41) is 9.48. The fourth-order valence-electron chi connectivity index (χ4n) is 5.77. The molecular weight excluding hydrogens is 615 g/mol. The average molecular weight is 648 g/mol. The standard InChI is InChI=1S/C29H33ClF3N9O3/c1-28(34)12-19(13-28)38-27(45)41-8-6-40(7-9-41)26(44)21-5-2-17(11-22(21)30)37-25(43)24-35-14-18(36-24)10-16-15-42(20-3-4-20)39-23(16)29(31,32)33/h2,5,11,14-15,19-20H,3-4,6-10,12-13,34H2,1H3,(H,35,36)(H,37,43)(H,38,45). The quantitative estimate of drug-likeness (QED) is 0.306. The zero-order valence-corrected chi connectivity index (χ0v) is 25.2. The van der Waals surface area contributed by atoms with Crippen LogP contribution in [0.4, 0.5) is 23.7 Å². The number of aromatic amines is 1. The zero-order valence-electron chi connectivity index (χ0n) is 24.5. The molecule has 6 rings (SSSR count). The molecule has 3 aromatic rings. The SMILES string of the molecule is CC1(N)CC(NC(=O)N2CCN(C(=O)c3ccc(NC(=O)c4ncc(Cc5cn(C6CC6)nc5C(F)(F)F)[nH]4)cc3Cl)CC2)C1. The molecule has 3 aliphatic rings. The lowest BCUT2D eigenvalue weighted by Gasteiger charge is -2.43. The van der Waals surface area contributed by atoms with Crippen molar-refractivity contribution in [2.75, 3.05) is 31.5 Å². The third kappa shape index (κ3) is 6.93. The number of imidazole rings is 1. The van der Waals surface area contributed by atoms with Crippen molar-refractivity contribution in [3.8, 4) is 0 Å². The highest BCUT2D eigenvalue weighted by molar-refractivity contribution is 6.34. The first-order valence-corrected chi connectivity index (χ1v) is 15.1. The molecule has 2 aromatic heterocycles. The van der Waals surface area contributed by atoms with Crippen molar-refractivity contribution < 1.29 is 27.6 Å². The van der Waals surface area contributed by atoms with Crippen LogP contribution in [0.5, 0.6) is 0 Å². The van der Waals surface area contributed by atoms with Crippen LogP contribution >= 0.6 is 11.6 Å². The molecule has 3 heterocycles. The van der Waals surface area contributed by atoms with E-state index in [4.69, 9.17) is 17.3 Å². The van der Waals surface area contributed by atoms with E-state index in [1.165, 1.54) is 35.3 Å². The van der Waals surface area contributed by atoms with Crippen LogP contribution < -0.4 is 16.4 Å². The number of alkyl halides is 3. The molecule has 2 saturated carbocycles. The van der Waals surface area contributed by atoms with Crippen LogP contribution in [0.1, 0.15) is 76.6 Å². The second-order valence-electron chi connectivity index (χ2n) is 12.3. The molecule has 16 heteroatoms. The van der Waals surface area contributed by atoms with E-state index >= 15 is 0 Å². The Hall–Kier alpha value is -4.11.